The average molecular weight is 330 g/mol. The molecule has 2 aliphatic carbocycles. The summed E-state index contributed by atoms with van der Waals surface area (Å²) in [6.45, 7) is 3.10. The van der Waals surface area contributed by atoms with Crippen LogP contribution in [0.5, 0.6) is 0 Å². The molecule has 2 fully saturated rings. The standard InChI is InChI=1S/C17H26N6O/c1-16(7-5-6-8-16)15-19-14(24-20-15)11-17(9-3-2-4-10-17)12-23-13-18-21-22-23/h13H,2-12H2,1H3. The van der Waals surface area contributed by atoms with Crippen molar-refractivity contribution in [1.82, 2.24) is 30.3 Å². The Morgan fingerprint density at radius 2 is 1.83 bits per heavy atom. The molecule has 2 aliphatic rings. The monoisotopic (exact) mass is 330 g/mol. The fraction of sp³-hybridized carbons (Fsp3) is 0.824. The van der Waals surface area contributed by atoms with E-state index in [4.69, 9.17) is 9.51 Å². The molecule has 0 unspecified atom stereocenters. The molecule has 0 radical (unpaired) electrons. The number of hydrogen-bond donors (Lipinski definition) is 0. The van der Waals surface area contributed by atoms with E-state index in [1.54, 1.807) is 6.33 Å². The molecule has 0 amide bonds. The van der Waals surface area contributed by atoms with Gasteiger partial charge in [-0.2, -0.15) is 4.98 Å². The molecule has 7 heteroatoms. The molecule has 0 atom stereocenters. The fourth-order valence-electron chi connectivity index (χ4n) is 4.56. The Kier molecular flexibility index (Phi) is 4.10. The summed E-state index contributed by atoms with van der Waals surface area (Å²) in [6.07, 6.45) is 13.6. The van der Waals surface area contributed by atoms with E-state index in [0.29, 0.717) is 0 Å². The highest BCUT2D eigenvalue weighted by molar-refractivity contribution is 5.08. The van der Waals surface area contributed by atoms with Crippen molar-refractivity contribution < 1.29 is 4.52 Å². The minimum atomic E-state index is 0.108. The van der Waals surface area contributed by atoms with Crippen LogP contribution in [0.15, 0.2) is 10.9 Å². The third-order valence-electron chi connectivity index (χ3n) is 6.04. The predicted molar refractivity (Wildman–Crippen MR) is 87.2 cm³/mol. The van der Waals surface area contributed by atoms with Gasteiger partial charge in [-0.3, -0.25) is 0 Å². The highest BCUT2D eigenvalue weighted by atomic mass is 16.5. The van der Waals surface area contributed by atoms with Crippen molar-refractivity contribution in [3.8, 4) is 0 Å². The Hall–Kier alpha value is -1.79. The third-order valence-corrected chi connectivity index (χ3v) is 6.04. The Labute approximate surface area is 142 Å². The minimum absolute atomic E-state index is 0.108. The van der Waals surface area contributed by atoms with Gasteiger partial charge in [-0.25, -0.2) is 4.68 Å². The topological polar surface area (TPSA) is 82.5 Å². The van der Waals surface area contributed by atoms with Crippen LogP contribution in [0.1, 0.15) is 76.4 Å². The zero-order chi connectivity index (χ0) is 16.5. The van der Waals surface area contributed by atoms with Crippen LogP contribution in [0.2, 0.25) is 0 Å². The van der Waals surface area contributed by atoms with E-state index in [2.05, 4.69) is 27.6 Å². The Morgan fingerprint density at radius 1 is 1.08 bits per heavy atom. The zero-order valence-electron chi connectivity index (χ0n) is 14.4. The third kappa shape index (κ3) is 3.08. The van der Waals surface area contributed by atoms with Gasteiger partial charge in [0.25, 0.3) is 0 Å². The zero-order valence-corrected chi connectivity index (χ0v) is 14.4. The number of aromatic nitrogens is 6. The molecule has 0 aromatic carbocycles. The van der Waals surface area contributed by atoms with Crippen LogP contribution in [-0.4, -0.2) is 30.3 Å². The van der Waals surface area contributed by atoms with E-state index in [1.807, 2.05) is 4.68 Å². The summed E-state index contributed by atoms with van der Waals surface area (Å²) >= 11 is 0. The molecule has 0 saturated heterocycles. The van der Waals surface area contributed by atoms with Gasteiger partial charge in [-0.05, 0) is 41.5 Å². The van der Waals surface area contributed by atoms with Crippen LogP contribution in [0, 0.1) is 5.41 Å². The summed E-state index contributed by atoms with van der Waals surface area (Å²) in [5.74, 6) is 1.69. The molecular formula is C17H26N6O. The molecule has 0 bridgehead atoms. The summed E-state index contributed by atoms with van der Waals surface area (Å²) in [7, 11) is 0. The largest absolute Gasteiger partial charge is 0.339 e. The van der Waals surface area contributed by atoms with Crippen LogP contribution in [-0.2, 0) is 18.4 Å². The summed E-state index contributed by atoms with van der Waals surface area (Å²) in [5.41, 5.74) is 0.241. The highest BCUT2D eigenvalue weighted by Crippen LogP contribution is 2.42. The van der Waals surface area contributed by atoms with Crippen molar-refractivity contribution in [2.75, 3.05) is 0 Å². The van der Waals surface area contributed by atoms with Crippen LogP contribution in [0.3, 0.4) is 0 Å². The van der Waals surface area contributed by atoms with Gasteiger partial charge in [-0.1, -0.05) is 44.2 Å². The van der Waals surface area contributed by atoms with Crippen LogP contribution < -0.4 is 0 Å². The SMILES string of the molecule is CC1(c2noc(CC3(Cn4cnnn4)CCCCC3)n2)CCCC1. The summed E-state index contributed by atoms with van der Waals surface area (Å²) in [4.78, 5) is 4.79. The smallest absolute Gasteiger partial charge is 0.227 e. The van der Waals surface area contributed by atoms with Crippen molar-refractivity contribution in [3.63, 3.8) is 0 Å². The summed E-state index contributed by atoms with van der Waals surface area (Å²) in [6, 6.07) is 0. The van der Waals surface area contributed by atoms with E-state index < -0.39 is 0 Å². The molecular weight excluding hydrogens is 304 g/mol. The molecule has 0 spiro atoms. The molecule has 2 saturated carbocycles. The highest BCUT2D eigenvalue weighted by Gasteiger charge is 2.38. The number of rotatable bonds is 5. The van der Waals surface area contributed by atoms with Crippen molar-refractivity contribution in [2.24, 2.45) is 5.41 Å². The first-order valence-corrected chi connectivity index (χ1v) is 9.22. The normalized spacial score (nSPS) is 22.7. The lowest BCUT2D eigenvalue weighted by molar-refractivity contribution is 0.134. The van der Waals surface area contributed by atoms with E-state index in [0.717, 1.165) is 24.7 Å². The number of tetrazole rings is 1. The van der Waals surface area contributed by atoms with Crippen LogP contribution in [0.4, 0.5) is 0 Å². The van der Waals surface area contributed by atoms with E-state index >= 15 is 0 Å². The van der Waals surface area contributed by atoms with Gasteiger partial charge in [-0.15, -0.1) is 5.10 Å². The maximum atomic E-state index is 5.67. The molecule has 2 aromatic heterocycles. The quantitative estimate of drug-likeness (QED) is 0.838. The van der Waals surface area contributed by atoms with Crippen LogP contribution >= 0.6 is 0 Å². The van der Waals surface area contributed by atoms with E-state index in [-0.39, 0.29) is 10.8 Å². The molecule has 2 heterocycles. The van der Waals surface area contributed by atoms with Gasteiger partial charge in [0.2, 0.25) is 5.89 Å². The molecule has 0 N–H and O–H groups in total. The Bertz CT molecular complexity index is 652. The molecule has 0 aliphatic heterocycles. The number of hydrogen-bond acceptors (Lipinski definition) is 6. The van der Waals surface area contributed by atoms with Gasteiger partial charge in [0.05, 0.1) is 6.54 Å². The Morgan fingerprint density at radius 3 is 2.54 bits per heavy atom. The van der Waals surface area contributed by atoms with E-state index in [9.17, 15) is 0 Å². The summed E-state index contributed by atoms with van der Waals surface area (Å²) in [5, 5.41) is 15.9. The van der Waals surface area contributed by atoms with Crippen molar-refractivity contribution in [2.45, 2.75) is 83.1 Å². The van der Waals surface area contributed by atoms with Crippen molar-refractivity contribution in [1.29, 1.82) is 0 Å². The maximum Gasteiger partial charge on any atom is 0.227 e. The first-order chi connectivity index (χ1) is 11.7. The first kappa shape index (κ1) is 15.7. The second-order valence-electron chi connectivity index (χ2n) is 8.02. The molecule has 7 nitrogen and oxygen atoms in total. The van der Waals surface area contributed by atoms with Gasteiger partial charge >= 0.3 is 0 Å². The molecule has 4 rings (SSSR count). The fourth-order valence-corrected chi connectivity index (χ4v) is 4.56. The lowest BCUT2D eigenvalue weighted by atomic mass is 9.71. The summed E-state index contributed by atoms with van der Waals surface area (Å²) < 4.78 is 7.52. The molecule has 130 valence electrons. The van der Waals surface area contributed by atoms with Crippen LogP contribution in [0.25, 0.3) is 0 Å². The first-order valence-electron chi connectivity index (χ1n) is 9.22. The average Bonchev–Trinajstić information content (AvgIpc) is 3.31. The van der Waals surface area contributed by atoms with E-state index in [1.165, 1.54) is 57.8 Å². The Balaban J connectivity index is 1.53. The lowest BCUT2D eigenvalue weighted by Gasteiger charge is -2.35. The van der Waals surface area contributed by atoms with Gasteiger partial charge in [0, 0.05) is 11.8 Å². The second kappa shape index (κ2) is 6.26. The lowest BCUT2D eigenvalue weighted by Crippen LogP contribution is -2.32. The molecule has 24 heavy (non-hydrogen) atoms. The maximum absolute atomic E-state index is 5.67. The number of nitrogens with zero attached hydrogens (tertiary/aromatic N) is 6. The van der Waals surface area contributed by atoms with Crippen molar-refractivity contribution in [3.05, 3.63) is 18.0 Å². The van der Waals surface area contributed by atoms with Gasteiger partial charge in [0.1, 0.15) is 6.33 Å². The predicted octanol–water partition coefficient (Wildman–Crippen LogP) is 3.08. The minimum Gasteiger partial charge on any atom is -0.339 e. The van der Waals surface area contributed by atoms with Gasteiger partial charge in [0.15, 0.2) is 5.82 Å². The molecule has 2 aromatic rings. The second-order valence-corrected chi connectivity index (χ2v) is 8.02. The van der Waals surface area contributed by atoms with Gasteiger partial charge < -0.3 is 4.52 Å². The van der Waals surface area contributed by atoms with Crippen molar-refractivity contribution >= 4 is 0 Å².